The van der Waals surface area contributed by atoms with Gasteiger partial charge in [0.2, 0.25) is 0 Å². The highest BCUT2D eigenvalue weighted by Crippen LogP contribution is 1.84. The molecule has 0 radical (unpaired) electrons. The molecule has 62 valence electrons. The van der Waals surface area contributed by atoms with Gasteiger partial charge in [-0.05, 0) is 26.2 Å². The van der Waals surface area contributed by atoms with Crippen LogP contribution in [-0.4, -0.2) is 23.7 Å². The first-order chi connectivity index (χ1) is 5.16. The first kappa shape index (κ1) is 9.99. The van der Waals surface area contributed by atoms with Crippen molar-refractivity contribution < 1.29 is 9.90 Å². The Labute approximate surface area is 66.8 Å². The highest BCUT2D eigenvalue weighted by Gasteiger charge is 1.96. The lowest BCUT2D eigenvalue weighted by molar-refractivity contribution is -0.115. The molecular formula is C8H13NO2. The summed E-state index contributed by atoms with van der Waals surface area (Å²) in [5.41, 5.74) is 0. The predicted molar refractivity (Wildman–Crippen MR) is 42.8 cm³/mol. The summed E-state index contributed by atoms with van der Waals surface area (Å²) in [6.45, 7) is 3.76. The summed E-state index contributed by atoms with van der Waals surface area (Å²) in [5.74, 6) is 4.53. The first-order valence-corrected chi connectivity index (χ1v) is 3.55. The topological polar surface area (TPSA) is 49.3 Å². The SMILES string of the molecule is CC#CC(=O)NCC[C@@H](C)O. The van der Waals surface area contributed by atoms with Crippen molar-refractivity contribution in [2.45, 2.75) is 26.4 Å². The van der Waals surface area contributed by atoms with Gasteiger partial charge in [0.15, 0.2) is 0 Å². The van der Waals surface area contributed by atoms with Gasteiger partial charge in [0.05, 0.1) is 6.10 Å². The summed E-state index contributed by atoms with van der Waals surface area (Å²) in [6, 6.07) is 0. The van der Waals surface area contributed by atoms with Crippen molar-refractivity contribution in [1.29, 1.82) is 0 Å². The second kappa shape index (κ2) is 5.75. The van der Waals surface area contributed by atoms with Gasteiger partial charge < -0.3 is 10.4 Å². The van der Waals surface area contributed by atoms with Crippen LogP contribution < -0.4 is 5.32 Å². The van der Waals surface area contributed by atoms with E-state index in [0.717, 1.165) is 0 Å². The molecule has 0 unspecified atom stereocenters. The fourth-order valence-corrected chi connectivity index (χ4v) is 0.552. The third-order valence-electron chi connectivity index (χ3n) is 1.09. The van der Waals surface area contributed by atoms with Gasteiger partial charge in [-0.25, -0.2) is 0 Å². The lowest BCUT2D eigenvalue weighted by atomic mass is 10.3. The molecule has 11 heavy (non-hydrogen) atoms. The zero-order valence-electron chi connectivity index (χ0n) is 6.85. The van der Waals surface area contributed by atoms with E-state index in [1.54, 1.807) is 13.8 Å². The smallest absolute Gasteiger partial charge is 0.295 e. The summed E-state index contributed by atoms with van der Waals surface area (Å²) in [7, 11) is 0. The summed E-state index contributed by atoms with van der Waals surface area (Å²) in [4.78, 5) is 10.7. The zero-order valence-corrected chi connectivity index (χ0v) is 6.85. The Morgan fingerprint density at radius 2 is 2.36 bits per heavy atom. The van der Waals surface area contributed by atoms with Crippen molar-refractivity contribution >= 4 is 5.91 Å². The number of carbonyl (C=O) groups is 1. The quantitative estimate of drug-likeness (QED) is 0.559. The number of hydrogen-bond acceptors (Lipinski definition) is 2. The maximum absolute atomic E-state index is 10.7. The molecule has 0 aromatic carbocycles. The predicted octanol–water partition coefficient (Wildman–Crippen LogP) is -0.103. The van der Waals surface area contributed by atoms with Crippen LogP contribution in [0.25, 0.3) is 0 Å². The van der Waals surface area contributed by atoms with Crippen LogP contribution in [0.3, 0.4) is 0 Å². The third kappa shape index (κ3) is 6.88. The Morgan fingerprint density at radius 3 is 2.82 bits per heavy atom. The fourth-order valence-electron chi connectivity index (χ4n) is 0.552. The molecule has 0 aromatic rings. The van der Waals surface area contributed by atoms with Crippen LogP contribution in [0.2, 0.25) is 0 Å². The standard InChI is InChI=1S/C8H13NO2/c1-3-4-8(11)9-6-5-7(2)10/h7,10H,5-6H2,1-2H3,(H,9,11)/t7-/m1/s1. The monoisotopic (exact) mass is 155 g/mol. The minimum Gasteiger partial charge on any atom is -0.393 e. The van der Waals surface area contributed by atoms with Gasteiger partial charge in [0.1, 0.15) is 0 Å². The average molecular weight is 155 g/mol. The molecule has 0 aromatic heterocycles. The second-order valence-electron chi connectivity index (χ2n) is 2.27. The molecule has 3 nitrogen and oxygen atoms in total. The second-order valence-corrected chi connectivity index (χ2v) is 2.27. The van der Waals surface area contributed by atoms with Gasteiger partial charge in [-0.2, -0.15) is 0 Å². The molecule has 0 aliphatic carbocycles. The van der Waals surface area contributed by atoms with Crippen molar-refractivity contribution in [2.75, 3.05) is 6.54 Å². The molecule has 3 heteroatoms. The largest absolute Gasteiger partial charge is 0.393 e. The van der Waals surface area contributed by atoms with Crippen molar-refractivity contribution in [3.63, 3.8) is 0 Å². The molecule has 0 heterocycles. The van der Waals surface area contributed by atoms with Crippen molar-refractivity contribution in [3.05, 3.63) is 0 Å². The van der Waals surface area contributed by atoms with Gasteiger partial charge in [0, 0.05) is 6.54 Å². The van der Waals surface area contributed by atoms with Crippen molar-refractivity contribution in [2.24, 2.45) is 0 Å². The van der Waals surface area contributed by atoms with Gasteiger partial charge >= 0.3 is 0 Å². The maximum atomic E-state index is 10.7. The Hall–Kier alpha value is -1.01. The minimum absolute atomic E-state index is 0.284. The Bertz CT molecular complexity index is 176. The highest BCUT2D eigenvalue weighted by molar-refractivity contribution is 5.93. The number of carbonyl (C=O) groups excluding carboxylic acids is 1. The molecular weight excluding hydrogens is 142 g/mol. The van der Waals surface area contributed by atoms with Crippen LogP contribution in [-0.2, 0) is 4.79 Å². The van der Waals surface area contributed by atoms with Crippen LogP contribution in [0.15, 0.2) is 0 Å². The Balaban J connectivity index is 3.37. The van der Waals surface area contributed by atoms with Gasteiger partial charge in [-0.3, -0.25) is 4.79 Å². The first-order valence-electron chi connectivity index (χ1n) is 3.55. The minimum atomic E-state index is -0.370. The molecule has 0 aliphatic heterocycles. The molecule has 0 aliphatic rings. The molecule has 0 bridgehead atoms. The van der Waals surface area contributed by atoms with Gasteiger partial charge in [-0.1, -0.05) is 5.92 Å². The highest BCUT2D eigenvalue weighted by atomic mass is 16.3. The number of aliphatic hydroxyl groups excluding tert-OH is 1. The van der Waals surface area contributed by atoms with Gasteiger partial charge in [-0.15, -0.1) is 0 Å². The molecule has 2 N–H and O–H groups in total. The molecule has 1 atom stereocenters. The lowest BCUT2D eigenvalue weighted by Crippen LogP contribution is -2.24. The number of nitrogens with one attached hydrogen (secondary N) is 1. The van der Waals surface area contributed by atoms with E-state index >= 15 is 0 Å². The zero-order chi connectivity index (χ0) is 8.69. The van der Waals surface area contributed by atoms with Gasteiger partial charge in [0.25, 0.3) is 5.91 Å². The maximum Gasteiger partial charge on any atom is 0.295 e. The van der Waals surface area contributed by atoms with Crippen molar-refractivity contribution in [3.8, 4) is 11.8 Å². The van der Waals surface area contributed by atoms with Crippen LogP contribution in [0, 0.1) is 11.8 Å². The summed E-state index contributed by atoms with van der Waals surface area (Å²) in [5, 5.41) is 11.4. The average Bonchev–Trinajstić information content (AvgIpc) is 1.87. The molecule has 0 rings (SSSR count). The summed E-state index contributed by atoms with van der Waals surface area (Å²) >= 11 is 0. The third-order valence-corrected chi connectivity index (χ3v) is 1.09. The van der Waals surface area contributed by atoms with Crippen LogP contribution >= 0.6 is 0 Å². The van der Waals surface area contributed by atoms with Crippen LogP contribution in [0.5, 0.6) is 0 Å². The van der Waals surface area contributed by atoms with Crippen LogP contribution in [0.4, 0.5) is 0 Å². The van der Waals surface area contributed by atoms with E-state index < -0.39 is 0 Å². The molecule has 1 amide bonds. The lowest BCUT2D eigenvalue weighted by Gasteiger charge is -2.02. The Morgan fingerprint density at radius 1 is 1.73 bits per heavy atom. The van der Waals surface area contributed by atoms with E-state index in [0.29, 0.717) is 13.0 Å². The molecule has 0 saturated carbocycles. The molecule has 0 spiro atoms. The fraction of sp³-hybridized carbons (Fsp3) is 0.625. The molecule has 0 fully saturated rings. The van der Waals surface area contributed by atoms with E-state index in [4.69, 9.17) is 5.11 Å². The van der Waals surface area contributed by atoms with E-state index in [-0.39, 0.29) is 12.0 Å². The number of rotatable bonds is 3. The molecule has 0 saturated heterocycles. The van der Waals surface area contributed by atoms with Crippen molar-refractivity contribution in [1.82, 2.24) is 5.32 Å². The summed E-state index contributed by atoms with van der Waals surface area (Å²) in [6.07, 6.45) is 0.196. The van der Waals surface area contributed by atoms with E-state index in [1.165, 1.54) is 0 Å². The normalized spacial score (nSPS) is 11.2. The van der Waals surface area contributed by atoms with E-state index in [9.17, 15) is 4.79 Å². The number of aliphatic hydroxyl groups is 1. The van der Waals surface area contributed by atoms with E-state index in [1.807, 2.05) is 0 Å². The Kier molecular flexibility index (Phi) is 5.22. The van der Waals surface area contributed by atoms with E-state index in [2.05, 4.69) is 17.2 Å². The number of amides is 1. The van der Waals surface area contributed by atoms with Crippen LogP contribution in [0.1, 0.15) is 20.3 Å². The summed E-state index contributed by atoms with van der Waals surface area (Å²) < 4.78 is 0. The number of hydrogen-bond donors (Lipinski definition) is 2.